The van der Waals surface area contributed by atoms with Gasteiger partial charge in [-0.15, -0.1) is 0 Å². The lowest BCUT2D eigenvalue weighted by Crippen LogP contribution is -2.09. The summed E-state index contributed by atoms with van der Waals surface area (Å²) in [6, 6.07) is 0. The number of hydrogen-bond acceptors (Lipinski definition) is 3. The Morgan fingerprint density at radius 2 is 2.07 bits per heavy atom. The van der Waals surface area contributed by atoms with Crippen molar-refractivity contribution >= 4 is 5.97 Å². The van der Waals surface area contributed by atoms with Crippen molar-refractivity contribution in [3.05, 3.63) is 11.6 Å². The van der Waals surface area contributed by atoms with Gasteiger partial charge in [0.1, 0.15) is 0 Å². The van der Waals surface area contributed by atoms with E-state index in [2.05, 4.69) is 11.7 Å². The largest absolute Gasteiger partial charge is 0.466 e. The van der Waals surface area contributed by atoms with Gasteiger partial charge in [-0.3, -0.25) is 0 Å². The minimum Gasteiger partial charge on any atom is -0.466 e. The van der Waals surface area contributed by atoms with Gasteiger partial charge >= 0.3 is 5.97 Å². The molecule has 0 aliphatic rings. The molecule has 0 N–H and O–H groups in total. The Labute approximate surface area is 86.1 Å². The summed E-state index contributed by atoms with van der Waals surface area (Å²) < 4.78 is 10.1. The average Bonchev–Trinajstić information content (AvgIpc) is 2.22. The summed E-state index contributed by atoms with van der Waals surface area (Å²) in [5.41, 5.74) is 0.677. The molecule has 0 amide bonds. The normalized spacial score (nSPS) is 13.9. The van der Waals surface area contributed by atoms with Crippen molar-refractivity contribution in [3.8, 4) is 0 Å². The molecule has 1 unspecified atom stereocenters. The van der Waals surface area contributed by atoms with Crippen molar-refractivity contribution in [1.82, 2.24) is 0 Å². The van der Waals surface area contributed by atoms with Crippen molar-refractivity contribution in [1.29, 1.82) is 0 Å². The summed E-state index contributed by atoms with van der Waals surface area (Å²) in [6.07, 6.45) is 3.68. The molecule has 82 valence electrons. The lowest BCUT2D eigenvalue weighted by atomic mass is 10.2. The summed E-state index contributed by atoms with van der Waals surface area (Å²) in [7, 11) is 1.39. The highest BCUT2D eigenvalue weighted by molar-refractivity contribution is 5.88. The third-order valence-electron chi connectivity index (χ3n) is 2.11. The third-order valence-corrected chi connectivity index (χ3v) is 2.11. The smallest absolute Gasteiger partial charge is 0.333 e. The summed E-state index contributed by atoms with van der Waals surface area (Å²) >= 11 is 0. The SMILES string of the molecule is CCC(=CCOC(C)CC)C(=O)OC. The first-order valence-corrected chi connectivity index (χ1v) is 5.04. The Morgan fingerprint density at radius 3 is 2.50 bits per heavy atom. The second-order valence-electron chi connectivity index (χ2n) is 3.13. The molecule has 0 spiro atoms. The van der Waals surface area contributed by atoms with Gasteiger partial charge in [0.15, 0.2) is 0 Å². The molecule has 0 saturated carbocycles. The first kappa shape index (κ1) is 13.2. The molecule has 0 aromatic rings. The van der Waals surface area contributed by atoms with Gasteiger partial charge in [0.05, 0.1) is 19.8 Å². The zero-order valence-corrected chi connectivity index (χ0v) is 9.50. The highest BCUT2D eigenvalue weighted by atomic mass is 16.5. The van der Waals surface area contributed by atoms with Crippen LogP contribution in [0.4, 0.5) is 0 Å². The van der Waals surface area contributed by atoms with E-state index in [0.717, 1.165) is 6.42 Å². The van der Waals surface area contributed by atoms with Crippen LogP contribution in [-0.4, -0.2) is 25.8 Å². The maximum atomic E-state index is 11.1. The molecule has 0 bridgehead atoms. The molecular formula is C11H20O3. The number of rotatable bonds is 6. The van der Waals surface area contributed by atoms with E-state index in [0.29, 0.717) is 18.6 Å². The van der Waals surface area contributed by atoms with E-state index in [1.165, 1.54) is 7.11 Å². The summed E-state index contributed by atoms with van der Waals surface area (Å²) in [6.45, 7) is 6.48. The van der Waals surface area contributed by atoms with Crippen LogP contribution in [0.5, 0.6) is 0 Å². The van der Waals surface area contributed by atoms with Crippen molar-refractivity contribution < 1.29 is 14.3 Å². The Kier molecular flexibility index (Phi) is 7.11. The first-order chi connectivity index (χ1) is 6.65. The highest BCUT2D eigenvalue weighted by Gasteiger charge is 2.06. The second-order valence-corrected chi connectivity index (χ2v) is 3.13. The zero-order chi connectivity index (χ0) is 11.0. The molecule has 0 aliphatic heterocycles. The van der Waals surface area contributed by atoms with Crippen LogP contribution in [0, 0.1) is 0 Å². The first-order valence-electron chi connectivity index (χ1n) is 5.04. The monoisotopic (exact) mass is 200 g/mol. The predicted molar refractivity (Wildman–Crippen MR) is 56.1 cm³/mol. The van der Waals surface area contributed by atoms with Crippen LogP contribution in [0.2, 0.25) is 0 Å². The molecule has 0 rings (SSSR count). The highest BCUT2D eigenvalue weighted by Crippen LogP contribution is 2.04. The van der Waals surface area contributed by atoms with Crippen LogP contribution in [-0.2, 0) is 14.3 Å². The number of esters is 1. The Balaban J connectivity index is 3.99. The van der Waals surface area contributed by atoms with Gasteiger partial charge in [0, 0.05) is 5.57 Å². The van der Waals surface area contributed by atoms with Crippen molar-refractivity contribution in [2.45, 2.75) is 39.7 Å². The molecule has 14 heavy (non-hydrogen) atoms. The van der Waals surface area contributed by atoms with E-state index < -0.39 is 0 Å². The number of hydrogen-bond donors (Lipinski definition) is 0. The van der Waals surface area contributed by atoms with Gasteiger partial charge < -0.3 is 9.47 Å². The number of ether oxygens (including phenoxy) is 2. The van der Waals surface area contributed by atoms with E-state index in [1.54, 1.807) is 6.08 Å². The van der Waals surface area contributed by atoms with Crippen LogP contribution in [0.15, 0.2) is 11.6 Å². The molecule has 1 atom stereocenters. The molecule has 0 saturated heterocycles. The fraction of sp³-hybridized carbons (Fsp3) is 0.727. The maximum absolute atomic E-state index is 11.1. The quantitative estimate of drug-likeness (QED) is 0.487. The van der Waals surface area contributed by atoms with E-state index in [4.69, 9.17) is 4.74 Å². The third kappa shape index (κ3) is 5.02. The van der Waals surface area contributed by atoms with E-state index >= 15 is 0 Å². The minimum atomic E-state index is -0.264. The molecule has 0 radical (unpaired) electrons. The Morgan fingerprint density at radius 1 is 1.43 bits per heavy atom. The molecular weight excluding hydrogens is 180 g/mol. The number of carbonyl (C=O) groups excluding carboxylic acids is 1. The lowest BCUT2D eigenvalue weighted by Gasteiger charge is -2.08. The van der Waals surface area contributed by atoms with Gasteiger partial charge in [-0.1, -0.05) is 13.8 Å². The summed E-state index contributed by atoms with van der Waals surface area (Å²) in [4.78, 5) is 11.1. The molecule has 0 heterocycles. The standard InChI is InChI=1S/C11H20O3/c1-5-9(3)14-8-7-10(6-2)11(12)13-4/h7,9H,5-6,8H2,1-4H3. The molecule has 0 aliphatic carbocycles. The topological polar surface area (TPSA) is 35.5 Å². The summed E-state index contributed by atoms with van der Waals surface area (Å²) in [5, 5.41) is 0. The maximum Gasteiger partial charge on any atom is 0.333 e. The van der Waals surface area contributed by atoms with E-state index in [9.17, 15) is 4.79 Å². The summed E-state index contributed by atoms with van der Waals surface area (Å²) in [5.74, 6) is -0.264. The van der Waals surface area contributed by atoms with Crippen molar-refractivity contribution in [2.75, 3.05) is 13.7 Å². The van der Waals surface area contributed by atoms with Gasteiger partial charge in [-0.25, -0.2) is 4.79 Å². The fourth-order valence-electron chi connectivity index (χ4n) is 0.934. The Bertz CT molecular complexity index is 197. The Hall–Kier alpha value is -0.830. The molecule has 0 fully saturated rings. The van der Waals surface area contributed by atoms with Gasteiger partial charge in [-0.2, -0.15) is 0 Å². The minimum absolute atomic E-state index is 0.238. The van der Waals surface area contributed by atoms with E-state index in [1.807, 2.05) is 13.8 Å². The van der Waals surface area contributed by atoms with E-state index in [-0.39, 0.29) is 12.1 Å². The zero-order valence-electron chi connectivity index (χ0n) is 9.50. The van der Waals surface area contributed by atoms with Gasteiger partial charge in [-0.05, 0) is 25.8 Å². The van der Waals surface area contributed by atoms with Crippen LogP contribution < -0.4 is 0 Å². The van der Waals surface area contributed by atoms with Crippen LogP contribution >= 0.6 is 0 Å². The van der Waals surface area contributed by atoms with Crippen molar-refractivity contribution in [3.63, 3.8) is 0 Å². The van der Waals surface area contributed by atoms with Crippen molar-refractivity contribution in [2.24, 2.45) is 0 Å². The lowest BCUT2D eigenvalue weighted by molar-refractivity contribution is -0.136. The molecule has 0 aromatic heterocycles. The number of carbonyl (C=O) groups is 1. The fourth-order valence-corrected chi connectivity index (χ4v) is 0.934. The van der Waals surface area contributed by atoms with Gasteiger partial charge in [0.25, 0.3) is 0 Å². The van der Waals surface area contributed by atoms with Crippen LogP contribution in [0.25, 0.3) is 0 Å². The molecule has 3 nitrogen and oxygen atoms in total. The van der Waals surface area contributed by atoms with Gasteiger partial charge in [0.2, 0.25) is 0 Å². The van der Waals surface area contributed by atoms with Crippen LogP contribution in [0.1, 0.15) is 33.6 Å². The second kappa shape index (κ2) is 7.56. The number of methoxy groups -OCH3 is 1. The van der Waals surface area contributed by atoms with Crippen LogP contribution in [0.3, 0.4) is 0 Å². The molecule has 0 aromatic carbocycles. The average molecular weight is 200 g/mol. The predicted octanol–water partition coefficient (Wildman–Crippen LogP) is 2.31. The molecule has 3 heteroatoms.